The van der Waals surface area contributed by atoms with Crippen molar-refractivity contribution in [1.82, 2.24) is 5.32 Å². The van der Waals surface area contributed by atoms with E-state index in [4.69, 9.17) is 0 Å². The molecule has 2 saturated heterocycles. The molecule has 0 radical (unpaired) electrons. The normalized spacial score (nSPS) is 32.9. The zero-order valence-electron chi connectivity index (χ0n) is 9.56. The first-order valence-corrected chi connectivity index (χ1v) is 7.36. The van der Waals surface area contributed by atoms with E-state index in [1.165, 1.54) is 37.0 Å². The zero-order chi connectivity index (χ0) is 10.8. The van der Waals surface area contributed by atoms with Crippen molar-refractivity contribution in [2.45, 2.75) is 48.8 Å². The number of piperidine rings is 1. The van der Waals surface area contributed by atoms with Crippen LogP contribution >= 0.6 is 11.8 Å². The van der Waals surface area contributed by atoms with Gasteiger partial charge in [0.2, 0.25) is 0 Å². The molecule has 2 atom stereocenters. The van der Waals surface area contributed by atoms with Gasteiger partial charge in [-0.3, -0.25) is 0 Å². The Morgan fingerprint density at radius 3 is 2.44 bits per heavy atom. The monoisotopic (exact) mass is 233 g/mol. The summed E-state index contributed by atoms with van der Waals surface area (Å²) in [5.74, 6) is 1.19. The molecule has 86 valence electrons. The molecule has 1 aromatic carbocycles. The van der Waals surface area contributed by atoms with Crippen LogP contribution in [0.25, 0.3) is 0 Å². The largest absolute Gasteiger partial charge is 0.311 e. The zero-order valence-corrected chi connectivity index (χ0v) is 10.4. The Hall–Kier alpha value is -0.470. The third-order valence-corrected chi connectivity index (χ3v) is 5.11. The molecule has 1 N–H and O–H groups in total. The van der Waals surface area contributed by atoms with Crippen molar-refractivity contribution in [2.24, 2.45) is 0 Å². The van der Waals surface area contributed by atoms with Crippen molar-refractivity contribution < 1.29 is 0 Å². The lowest BCUT2D eigenvalue weighted by atomic mass is 10.1. The van der Waals surface area contributed by atoms with E-state index < -0.39 is 0 Å². The smallest absolute Gasteiger partial charge is 0.0187 e. The number of fused-ring (bicyclic) bond motifs is 2. The Balaban J connectivity index is 1.52. The molecule has 0 saturated carbocycles. The number of rotatable bonds is 3. The van der Waals surface area contributed by atoms with Crippen LogP contribution in [-0.4, -0.2) is 17.3 Å². The molecule has 2 fully saturated rings. The van der Waals surface area contributed by atoms with Gasteiger partial charge in [0, 0.05) is 23.1 Å². The van der Waals surface area contributed by atoms with Crippen LogP contribution in [0.1, 0.15) is 31.2 Å². The molecule has 2 heteroatoms. The number of thioether (sulfide) groups is 1. The van der Waals surface area contributed by atoms with Crippen LogP contribution in [0.5, 0.6) is 0 Å². The SMILES string of the molecule is c1ccc(CSC2C[C@@H]3CC[C@@H](C2)N3)cc1. The summed E-state index contributed by atoms with van der Waals surface area (Å²) < 4.78 is 0. The van der Waals surface area contributed by atoms with Crippen molar-refractivity contribution in [3.05, 3.63) is 35.9 Å². The highest BCUT2D eigenvalue weighted by Crippen LogP contribution is 2.34. The average Bonchev–Trinajstić information content (AvgIpc) is 2.67. The van der Waals surface area contributed by atoms with Gasteiger partial charge in [-0.05, 0) is 31.2 Å². The minimum absolute atomic E-state index is 0.826. The topological polar surface area (TPSA) is 12.0 Å². The number of hydrogen-bond acceptors (Lipinski definition) is 2. The second-order valence-electron chi connectivity index (χ2n) is 5.03. The average molecular weight is 233 g/mol. The molecule has 0 amide bonds. The van der Waals surface area contributed by atoms with Gasteiger partial charge in [0.05, 0.1) is 0 Å². The van der Waals surface area contributed by atoms with Crippen LogP contribution in [-0.2, 0) is 5.75 Å². The third-order valence-electron chi connectivity index (χ3n) is 3.76. The maximum atomic E-state index is 3.71. The van der Waals surface area contributed by atoms with Gasteiger partial charge in [-0.15, -0.1) is 0 Å². The Labute approximate surface area is 102 Å². The molecule has 2 aliphatic rings. The van der Waals surface area contributed by atoms with E-state index in [9.17, 15) is 0 Å². The second kappa shape index (κ2) is 4.80. The van der Waals surface area contributed by atoms with Crippen LogP contribution in [0.3, 0.4) is 0 Å². The summed E-state index contributed by atoms with van der Waals surface area (Å²) in [6.07, 6.45) is 5.59. The van der Waals surface area contributed by atoms with Crippen LogP contribution in [0.2, 0.25) is 0 Å². The molecule has 3 rings (SSSR count). The van der Waals surface area contributed by atoms with Gasteiger partial charge < -0.3 is 5.32 Å². The van der Waals surface area contributed by atoms with Gasteiger partial charge in [-0.25, -0.2) is 0 Å². The Bertz CT molecular complexity index is 326. The first kappa shape index (κ1) is 10.7. The van der Waals surface area contributed by atoms with Crippen molar-refractivity contribution in [3.8, 4) is 0 Å². The molecule has 1 nitrogen and oxygen atoms in total. The van der Waals surface area contributed by atoms with Crippen molar-refractivity contribution in [1.29, 1.82) is 0 Å². The van der Waals surface area contributed by atoms with Gasteiger partial charge in [-0.2, -0.15) is 11.8 Å². The minimum Gasteiger partial charge on any atom is -0.311 e. The van der Waals surface area contributed by atoms with E-state index >= 15 is 0 Å². The molecule has 16 heavy (non-hydrogen) atoms. The summed E-state index contributed by atoms with van der Waals surface area (Å²) in [6.45, 7) is 0. The van der Waals surface area contributed by atoms with Gasteiger partial charge >= 0.3 is 0 Å². The van der Waals surface area contributed by atoms with Crippen LogP contribution < -0.4 is 5.32 Å². The van der Waals surface area contributed by atoms with E-state index in [1.807, 2.05) is 0 Å². The standard InChI is InChI=1S/C14H19NS/c1-2-4-11(5-3-1)10-16-14-8-12-6-7-13(9-14)15-12/h1-5,12-15H,6-10H2/t12-,13-/m0/s1. The van der Waals surface area contributed by atoms with E-state index in [-0.39, 0.29) is 0 Å². The summed E-state index contributed by atoms with van der Waals surface area (Å²) in [4.78, 5) is 0. The lowest BCUT2D eigenvalue weighted by Crippen LogP contribution is -2.39. The minimum atomic E-state index is 0.826. The fourth-order valence-corrected chi connectivity index (χ4v) is 4.29. The predicted molar refractivity (Wildman–Crippen MR) is 70.7 cm³/mol. The highest BCUT2D eigenvalue weighted by molar-refractivity contribution is 7.99. The Morgan fingerprint density at radius 1 is 1.06 bits per heavy atom. The molecular weight excluding hydrogens is 214 g/mol. The van der Waals surface area contributed by atoms with Crippen LogP contribution in [0.15, 0.2) is 30.3 Å². The fourth-order valence-electron chi connectivity index (χ4n) is 2.93. The Kier molecular flexibility index (Phi) is 3.20. The maximum Gasteiger partial charge on any atom is 0.0187 e. The lowest BCUT2D eigenvalue weighted by Gasteiger charge is -2.28. The highest BCUT2D eigenvalue weighted by atomic mass is 32.2. The van der Waals surface area contributed by atoms with Crippen LogP contribution in [0, 0.1) is 0 Å². The number of hydrogen-bond donors (Lipinski definition) is 1. The molecule has 0 aliphatic carbocycles. The van der Waals surface area contributed by atoms with Gasteiger partial charge in [0.25, 0.3) is 0 Å². The van der Waals surface area contributed by atoms with Crippen LogP contribution in [0.4, 0.5) is 0 Å². The number of nitrogens with one attached hydrogen (secondary N) is 1. The molecular formula is C14H19NS. The molecule has 1 aromatic rings. The quantitative estimate of drug-likeness (QED) is 0.860. The molecule has 0 aromatic heterocycles. The number of benzene rings is 1. The van der Waals surface area contributed by atoms with Gasteiger partial charge in [0.1, 0.15) is 0 Å². The van der Waals surface area contributed by atoms with E-state index in [2.05, 4.69) is 47.4 Å². The third kappa shape index (κ3) is 2.44. The fraction of sp³-hybridized carbons (Fsp3) is 0.571. The Morgan fingerprint density at radius 2 is 1.75 bits per heavy atom. The summed E-state index contributed by atoms with van der Waals surface area (Å²) in [5.41, 5.74) is 1.47. The van der Waals surface area contributed by atoms with E-state index in [0.717, 1.165) is 17.3 Å². The molecule has 2 bridgehead atoms. The predicted octanol–water partition coefficient (Wildman–Crippen LogP) is 3.20. The first-order valence-electron chi connectivity index (χ1n) is 6.32. The van der Waals surface area contributed by atoms with Crippen molar-refractivity contribution in [2.75, 3.05) is 0 Å². The van der Waals surface area contributed by atoms with Gasteiger partial charge in [0.15, 0.2) is 0 Å². The second-order valence-corrected chi connectivity index (χ2v) is 6.32. The summed E-state index contributed by atoms with van der Waals surface area (Å²) in [7, 11) is 0. The highest BCUT2D eigenvalue weighted by Gasteiger charge is 2.33. The first-order chi connectivity index (χ1) is 7.90. The molecule has 2 aliphatic heterocycles. The van der Waals surface area contributed by atoms with Crippen molar-refractivity contribution in [3.63, 3.8) is 0 Å². The van der Waals surface area contributed by atoms with E-state index in [0.29, 0.717) is 0 Å². The summed E-state index contributed by atoms with van der Waals surface area (Å²) in [6, 6.07) is 12.5. The maximum absolute atomic E-state index is 3.71. The summed E-state index contributed by atoms with van der Waals surface area (Å²) >= 11 is 2.16. The molecule has 2 heterocycles. The molecule has 0 unspecified atom stereocenters. The molecule has 0 spiro atoms. The van der Waals surface area contributed by atoms with Gasteiger partial charge in [-0.1, -0.05) is 30.3 Å². The van der Waals surface area contributed by atoms with E-state index in [1.54, 1.807) is 0 Å². The summed E-state index contributed by atoms with van der Waals surface area (Å²) in [5, 5.41) is 4.59. The van der Waals surface area contributed by atoms with Crippen molar-refractivity contribution >= 4 is 11.8 Å². The lowest BCUT2D eigenvalue weighted by molar-refractivity contribution is 0.415.